The lowest BCUT2D eigenvalue weighted by Gasteiger charge is -2.03. The van der Waals surface area contributed by atoms with Gasteiger partial charge in [0.15, 0.2) is 15.4 Å². The van der Waals surface area contributed by atoms with Gasteiger partial charge in [-0.1, -0.05) is 0 Å². The second-order valence-corrected chi connectivity index (χ2v) is 6.28. The van der Waals surface area contributed by atoms with E-state index in [0.29, 0.717) is 5.82 Å². The highest BCUT2D eigenvalue weighted by Gasteiger charge is 2.16. The van der Waals surface area contributed by atoms with Gasteiger partial charge in [0.05, 0.1) is 22.1 Å². The van der Waals surface area contributed by atoms with Crippen LogP contribution in [-0.2, 0) is 0 Å². The smallest absolute Gasteiger partial charge is 0.174 e. The summed E-state index contributed by atoms with van der Waals surface area (Å²) in [5, 5.41) is 1.99. The summed E-state index contributed by atoms with van der Waals surface area (Å²) in [6.07, 6.45) is 3.57. The Morgan fingerprint density at radius 3 is 2.35 bits per heavy atom. The van der Waals surface area contributed by atoms with Gasteiger partial charge in [0.25, 0.3) is 0 Å². The first kappa shape index (κ1) is 13.0. The lowest BCUT2D eigenvalue weighted by molar-refractivity contribution is 0.549. The molecule has 0 spiro atoms. The minimum absolute atomic E-state index is 0.712. The molecule has 0 aliphatic heterocycles. The van der Waals surface area contributed by atoms with E-state index in [2.05, 4.69) is 37.5 Å². The number of hydrogen-bond donors (Lipinski definition) is 1. The lowest BCUT2D eigenvalue weighted by Crippen LogP contribution is -1.86. The molecule has 23 heavy (non-hydrogen) atoms. The zero-order chi connectivity index (χ0) is 15.4. The third-order valence-electron chi connectivity index (χ3n) is 3.87. The first-order chi connectivity index (χ1) is 11.3. The molecule has 5 nitrogen and oxygen atoms in total. The Morgan fingerprint density at radius 2 is 1.61 bits per heavy atom. The maximum atomic E-state index is 5.68. The van der Waals surface area contributed by atoms with Crippen LogP contribution < -0.4 is 0 Å². The molecule has 110 valence electrons. The Labute approximate surface area is 143 Å². The van der Waals surface area contributed by atoms with Crippen molar-refractivity contribution in [3.8, 4) is 11.6 Å². The fourth-order valence-electron chi connectivity index (χ4n) is 2.90. The van der Waals surface area contributed by atoms with Crippen LogP contribution in [0.3, 0.4) is 0 Å². The summed E-state index contributed by atoms with van der Waals surface area (Å²) >= 11 is 2.15. The highest BCUT2D eigenvalue weighted by molar-refractivity contribution is 14.1. The molecule has 0 saturated heterocycles. The van der Waals surface area contributed by atoms with Crippen molar-refractivity contribution in [1.29, 1.82) is 0 Å². The summed E-state index contributed by atoms with van der Waals surface area (Å²) in [5.74, 6) is 1.43. The topological polar surface area (TPSA) is 67.6 Å². The van der Waals surface area contributed by atoms with E-state index in [4.69, 9.17) is 9.40 Å². The van der Waals surface area contributed by atoms with Gasteiger partial charge in [-0.25, -0.2) is 4.98 Å². The minimum atomic E-state index is 0.712. The van der Waals surface area contributed by atoms with Crippen LogP contribution in [0.5, 0.6) is 0 Å². The predicted octanol–water partition coefficient (Wildman–Crippen LogP) is 4.52. The normalized spacial score (nSPS) is 11.7. The van der Waals surface area contributed by atoms with E-state index in [1.54, 1.807) is 12.4 Å². The van der Waals surface area contributed by atoms with E-state index in [1.807, 2.05) is 36.4 Å². The predicted molar refractivity (Wildman–Crippen MR) is 97.1 cm³/mol. The van der Waals surface area contributed by atoms with Crippen LogP contribution in [-0.4, -0.2) is 19.9 Å². The molecule has 4 heterocycles. The number of furan rings is 1. The maximum Gasteiger partial charge on any atom is 0.174 e. The van der Waals surface area contributed by atoms with Crippen LogP contribution in [0.15, 0.2) is 53.2 Å². The zero-order valence-electron chi connectivity index (χ0n) is 11.7. The van der Waals surface area contributed by atoms with Crippen LogP contribution >= 0.6 is 22.6 Å². The summed E-state index contributed by atoms with van der Waals surface area (Å²) in [7, 11) is 0. The Morgan fingerprint density at radius 1 is 0.870 bits per heavy atom. The number of fused-ring (bicyclic) bond motifs is 6. The maximum absolute atomic E-state index is 5.68. The monoisotopic (exact) mass is 412 g/mol. The SMILES string of the molecule is Ic1ccc(-c2nc3c4cccnc4c4ncccc4c3[nH]2)o1. The molecule has 0 saturated carbocycles. The van der Waals surface area contributed by atoms with Crippen LogP contribution in [0.1, 0.15) is 0 Å². The van der Waals surface area contributed by atoms with Crippen molar-refractivity contribution in [2.75, 3.05) is 0 Å². The second kappa shape index (κ2) is 4.76. The third-order valence-corrected chi connectivity index (χ3v) is 4.45. The van der Waals surface area contributed by atoms with Gasteiger partial charge in [-0.15, -0.1) is 0 Å². The van der Waals surface area contributed by atoms with Gasteiger partial charge in [-0.3, -0.25) is 9.97 Å². The molecule has 0 radical (unpaired) electrons. The largest absolute Gasteiger partial charge is 0.447 e. The molecule has 0 aliphatic rings. The van der Waals surface area contributed by atoms with Gasteiger partial charge in [-0.2, -0.15) is 0 Å². The van der Waals surface area contributed by atoms with E-state index >= 15 is 0 Å². The molecule has 5 aromatic rings. The summed E-state index contributed by atoms with van der Waals surface area (Å²) < 4.78 is 6.51. The van der Waals surface area contributed by atoms with Crippen LogP contribution in [0.2, 0.25) is 0 Å². The fourth-order valence-corrected chi connectivity index (χ4v) is 3.32. The Hall–Kier alpha value is -2.48. The number of pyridine rings is 2. The van der Waals surface area contributed by atoms with Gasteiger partial charge in [0.1, 0.15) is 0 Å². The quantitative estimate of drug-likeness (QED) is 0.325. The fraction of sp³-hybridized carbons (Fsp3) is 0. The molecule has 1 N–H and O–H groups in total. The van der Waals surface area contributed by atoms with Gasteiger partial charge in [0.2, 0.25) is 0 Å². The number of halogens is 1. The summed E-state index contributed by atoms with van der Waals surface area (Å²) in [6, 6.07) is 11.7. The molecule has 0 unspecified atom stereocenters. The molecular weight excluding hydrogens is 403 g/mol. The average molecular weight is 412 g/mol. The van der Waals surface area contributed by atoms with E-state index in [-0.39, 0.29) is 0 Å². The third kappa shape index (κ3) is 1.88. The number of benzene rings is 1. The number of hydrogen-bond acceptors (Lipinski definition) is 4. The van der Waals surface area contributed by atoms with Crippen molar-refractivity contribution in [3.05, 3.63) is 52.6 Å². The highest BCUT2D eigenvalue weighted by Crippen LogP contribution is 2.33. The zero-order valence-corrected chi connectivity index (χ0v) is 13.9. The molecule has 0 atom stereocenters. The van der Waals surface area contributed by atoms with Crippen LogP contribution in [0.25, 0.3) is 44.4 Å². The van der Waals surface area contributed by atoms with Crippen molar-refractivity contribution in [2.45, 2.75) is 0 Å². The highest BCUT2D eigenvalue weighted by atomic mass is 127. The van der Waals surface area contributed by atoms with Gasteiger partial charge in [0, 0.05) is 23.2 Å². The standard InChI is InChI=1S/C17H9IN4O/c18-12-6-5-11(23-12)17-21-15-9-3-1-7-19-13(9)14-10(16(15)22-17)4-2-8-20-14/h1-8H,(H,21,22). The van der Waals surface area contributed by atoms with Gasteiger partial charge in [-0.05, 0) is 59.0 Å². The number of nitrogens with one attached hydrogen (secondary N) is 1. The molecule has 0 fully saturated rings. The van der Waals surface area contributed by atoms with Gasteiger partial charge >= 0.3 is 0 Å². The van der Waals surface area contributed by atoms with E-state index < -0.39 is 0 Å². The van der Waals surface area contributed by atoms with Crippen LogP contribution in [0.4, 0.5) is 0 Å². The summed E-state index contributed by atoms with van der Waals surface area (Å²) in [4.78, 5) is 17.2. The average Bonchev–Trinajstić information content (AvgIpc) is 3.21. The number of H-pyrrole nitrogens is 1. The lowest BCUT2D eigenvalue weighted by atomic mass is 10.1. The number of aromatic nitrogens is 4. The minimum Gasteiger partial charge on any atom is -0.447 e. The van der Waals surface area contributed by atoms with Crippen molar-refractivity contribution in [3.63, 3.8) is 0 Å². The first-order valence-electron chi connectivity index (χ1n) is 7.08. The Bertz CT molecular complexity index is 1120. The van der Waals surface area contributed by atoms with E-state index in [1.165, 1.54) is 0 Å². The summed E-state index contributed by atoms with van der Waals surface area (Å²) in [6.45, 7) is 0. The molecule has 0 bridgehead atoms. The number of imidazole rings is 1. The number of aromatic amines is 1. The van der Waals surface area contributed by atoms with Crippen molar-refractivity contribution >= 4 is 55.4 Å². The summed E-state index contributed by atoms with van der Waals surface area (Å²) in [5.41, 5.74) is 3.58. The second-order valence-electron chi connectivity index (χ2n) is 5.21. The molecule has 5 rings (SSSR count). The molecule has 6 heteroatoms. The van der Waals surface area contributed by atoms with E-state index in [0.717, 1.165) is 42.4 Å². The molecule has 4 aromatic heterocycles. The Kier molecular flexibility index (Phi) is 2.69. The van der Waals surface area contributed by atoms with Gasteiger partial charge < -0.3 is 9.40 Å². The number of rotatable bonds is 1. The van der Waals surface area contributed by atoms with Crippen molar-refractivity contribution < 1.29 is 4.42 Å². The number of nitrogens with zero attached hydrogens (tertiary/aromatic N) is 3. The molecular formula is C17H9IN4O. The van der Waals surface area contributed by atoms with E-state index in [9.17, 15) is 0 Å². The first-order valence-corrected chi connectivity index (χ1v) is 8.16. The van der Waals surface area contributed by atoms with Crippen LogP contribution in [0, 0.1) is 3.77 Å². The molecule has 1 aromatic carbocycles. The molecule has 0 amide bonds. The molecule has 0 aliphatic carbocycles. The van der Waals surface area contributed by atoms with Crippen molar-refractivity contribution in [1.82, 2.24) is 19.9 Å². The Balaban J connectivity index is 1.98. The van der Waals surface area contributed by atoms with Crippen molar-refractivity contribution in [2.24, 2.45) is 0 Å².